The zero-order valence-electron chi connectivity index (χ0n) is 3.46. The molecule has 0 bridgehead atoms. The predicted molar refractivity (Wildman–Crippen MR) is 31.5 cm³/mol. The van der Waals surface area contributed by atoms with Crippen LogP contribution in [0.3, 0.4) is 0 Å². The molecule has 0 atom stereocenters. The molecule has 0 N–H and O–H groups in total. The van der Waals surface area contributed by atoms with Gasteiger partial charge in [0.05, 0.1) is 0 Å². The van der Waals surface area contributed by atoms with Gasteiger partial charge in [0.1, 0.15) is 0 Å². The molecular formula is C5H6Ge. The summed E-state index contributed by atoms with van der Waals surface area (Å²) in [5.41, 5.74) is 0. The third kappa shape index (κ3) is 0.938. The predicted octanol–water partition coefficient (Wildman–Crippen LogP) is 0.309. The molecule has 6 heavy (non-hydrogen) atoms. The van der Waals surface area contributed by atoms with Gasteiger partial charge in [-0.15, -0.1) is 0 Å². The molecule has 0 aliphatic carbocycles. The molecule has 0 aromatic heterocycles. The Hall–Kier alpha value is -0.107. The van der Waals surface area contributed by atoms with Crippen molar-refractivity contribution in [2.24, 2.45) is 0 Å². The van der Waals surface area contributed by atoms with E-state index in [-0.39, 0.29) is 15.0 Å². The Morgan fingerprint density at radius 2 is 2.00 bits per heavy atom. The topological polar surface area (TPSA) is 0 Å². The summed E-state index contributed by atoms with van der Waals surface area (Å²) >= 11 is -0.00781. The molecule has 0 saturated carbocycles. The van der Waals surface area contributed by atoms with E-state index in [1.807, 2.05) is 0 Å². The van der Waals surface area contributed by atoms with E-state index in [2.05, 4.69) is 28.0 Å². The number of rotatable bonds is 0. The van der Waals surface area contributed by atoms with Gasteiger partial charge in [-0.25, -0.2) is 0 Å². The summed E-state index contributed by atoms with van der Waals surface area (Å²) in [7, 11) is 0. The third-order valence-corrected chi connectivity index (χ3v) is 2.53. The van der Waals surface area contributed by atoms with Gasteiger partial charge in [0.2, 0.25) is 0 Å². The molecule has 0 fully saturated rings. The Morgan fingerprint density at radius 3 is 2.17 bits per heavy atom. The summed E-state index contributed by atoms with van der Waals surface area (Å²) in [6.07, 6.45) is 6.32. The summed E-state index contributed by atoms with van der Waals surface area (Å²) in [6.45, 7) is 0. The molecule has 1 rings (SSSR count). The van der Waals surface area contributed by atoms with Gasteiger partial charge in [0.15, 0.2) is 0 Å². The SMILES string of the molecule is C1=C[CH]=[GeH][CH]=C1. The minimum atomic E-state index is -0.00781. The monoisotopic (exact) mass is 140 g/mol. The van der Waals surface area contributed by atoms with Gasteiger partial charge in [-0.3, -0.25) is 0 Å². The van der Waals surface area contributed by atoms with E-state index in [1.165, 1.54) is 0 Å². The second-order valence-electron chi connectivity index (χ2n) is 1.15. The molecule has 1 aliphatic rings. The van der Waals surface area contributed by atoms with Crippen LogP contribution in [0.5, 0.6) is 0 Å². The van der Waals surface area contributed by atoms with Gasteiger partial charge < -0.3 is 0 Å². The van der Waals surface area contributed by atoms with Crippen molar-refractivity contribution < 1.29 is 0 Å². The van der Waals surface area contributed by atoms with Crippen LogP contribution < -0.4 is 0 Å². The number of allylic oxidation sites excluding steroid dienone is 3. The Kier molecular flexibility index (Phi) is 1.45. The molecule has 0 amide bonds. The van der Waals surface area contributed by atoms with Crippen LogP contribution in [0.15, 0.2) is 23.1 Å². The fraction of sp³-hybridized carbons (Fsp3) is 0. The quantitative estimate of drug-likeness (QED) is 0.423. The first-order valence-corrected chi connectivity index (χ1v) is 4.80. The second kappa shape index (κ2) is 2.14. The fourth-order valence-electron chi connectivity index (χ4n) is 0.385. The molecule has 0 spiro atoms. The van der Waals surface area contributed by atoms with Crippen LogP contribution in [-0.2, 0) is 0 Å². The van der Waals surface area contributed by atoms with E-state index < -0.39 is 0 Å². The van der Waals surface area contributed by atoms with Crippen LogP contribution in [0.2, 0.25) is 0 Å². The molecule has 0 radical (unpaired) electrons. The van der Waals surface area contributed by atoms with Gasteiger partial charge in [-0.1, -0.05) is 0 Å². The van der Waals surface area contributed by atoms with E-state index in [0.717, 1.165) is 0 Å². The first-order valence-electron chi connectivity index (χ1n) is 2.00. The van der Waals surface area contributed by atoms with Crippen LogP contribution in [-0.4, -0.2) is 19.8 Å². The van der Waals surface area contributed by atoms with E-state index in [9.17, 15) is 0 Å². The zero-order valence-corrected chi connectivity index (χ0v) is 5.89. The van der Waals surface area contributed by atoms with E-state index in [0.29, 0.717) is 0 Å². The van der Waals surface area contributed by atoms with E-state index in [4.69, 9.17) is 0 Å². The summed E-state index contributed by atoms with van der Waals surface area (Å²) in [4.78, 5) is 4.56. The zero-order chi connectivity index (χ0) is 4.24. The van der Waals surface area contributed by atoms with Crippen molar-refractivity contribution in [3.63, 3.8) is 0 Å². The number of hydrogen-bond donors (Lipinski definition) is 0. The van der Waals surface area contributed by atoms with Crippen molar-refractivity contribution in [3.05, 3.63) is 23.1 Å². The average Bonchev–Trinajstić information content (AvgIpc) is 1.72. The molecule has 1 aliphatic heterocycles. The van der Waals surface area contributed by atoms with Crippen LogP contribution in [0.1, 0.15) is 0 Å². The van der Waals surface area contributed by atoms with Crippen molar-refractivity contribution in [1.82, 2.24) is 0 Å². The Bertz CT molecular complexity index is 73.3. The van der Waals surface area contributed by atoms with Crippen molar-refractivity contribution in [3.8, 4) is 0 Å². The van der Waals surface area contributed by atoms with Gasteiger partial charge in [-0.05, 0) is 0 Å². The van der Waals surface area contributed by atoms with E-state index in [1.54, 1.807) is 0 Å². The molecule has 30 valence electrons. The van der Waals surface area contributed by atoms with Crippen molar-refractivity contribution in [2.75, 3.05) is 0 Å². The normalized spacial score (nSPS) is 16.0. The van der Waals surface area contributed by atoms with Crippen molar-refractivity contribution in [1.29, 1.82) is 0 Å². The van der Waals surface area contributed by atoms with Crippen LogP contribution >= 0.6 is 0 Å². The van der Waals surface area contributed by atoms with Crippen LogP contribution in [0, 0.1) is 0 Å². The average molecular weight is 139 g/mol. The molecule has 0 aromatic carbocycles. The minimum absolute atomic E-state index is 0.00781. The molecule has 0 unspecified atom stereocenters. The van der Waals surface area contributed by atoms with Gasteiger partial charge in [0, 0.05) is 0 Å². The van der Waals surface area contributed by atoms with Gasteiger partial charge in [0.25, 0.3) is 0 Å². The van der Waals surface area contributed by atoms with Crippen molar-refractivity contribution >= 4 is 19.8 Å². The summed E-state index contributed by atoms with van der Waals surface area (Å²) in [6, 6.07) is 0. The Labute approximate surface area is 43.6 Å². The molecule has 1 heterocycles. The van der Waals surface area contributed by atoms with Crippen LogP contribution in [0.4, 0.5) is 0 Å². The molecular weight excluding hydrogens is 133 g/mol. The summed E-state index contributed by atoms with van der Waals surface area (Å²) < 4.78 is 0. The summed E-state index contributed by atoms with van der Waals surface area (Å²) in [5.74, 6) is 0. The van der Waals surface area contributed by atoms with E-state index >= 15 is 0 Å². The fourth-order valence-corrected chi connectivity index (χ4v) is 1.73. The first kappa shape index (κ1) is 4.06. The third-order valence-electron chi connectivity index (χ3n) is 0.667. The molecule has 0 nitrogen and oxygen atoms in total. The maximum atomic E-state index is 2.28. The standard InChI is InChI=1S/C5H6Ge/c1-2-4-6-5-3-1/h1-6H. The Morgan fingerprint density at radius 1 is 1.00 bits per heavy atom. The maximum absolute atomic E-state index is 2.28. The van der Waals surface area contributed by atoms with Gasteiger partial charge >= 0.3 is 43.0 Å². The molecule has 1 heteroatoms. The second-order valence-corrected chi connectivity index (χ2v) is 3.58. The van der Waals surface area contributed by atoms with Gasteiger partial charge in [-0.2, -0.15) is 0 Å². The first-order chi connectivity index (χ1) is 3.00. The molecule has 0 saturated heterocycles. The number of hydrogen-bond acceptors (Lipinski definition) is 0. The van der Waals surface area contributed by atoms with Crippen LogP contribution in [0.25, 0.3) is 0 Å². The summed E-state index contributed by atoms with van der Waals surface area (Å²) in [5, 5.41) is 0. The van der Waals surface area contributed by atoms with Crippen molar-refractivity contribution in [2.45, 2.75) is 0 Å². The Balaban J connectivity index is 2.77. The molecule has 0 aromatic rings.